The van der Waals surface area contributed by atoms with Gasteiger partial charge in [-0.1, -0.05) is 0 Å². The van der Waals surface area contributed by atoms with Crippen LogP contribution in [0.5, 0.6) is 0 Å². The molecule has 9 heteroatoms. The summed E-state index contributed by atoms with van der Waals surface area (Å²) >= 11 is 0. The molecule has 0 bridgehead atoms. The molecular weight excluding hydrogens is 387 g/mol. The summed E-state index contributed by atoms with van der Waals surface area (Å²) < 4.78 is 40.5. The predicted octanol–water partition coefficient (Wildman–Crippen LogP) is 2.69. The van der Waals surface area contributed by atoms with Crippen molar-refractivity contribution in [3.05, 3.63) is 59.4 Å². The minimum Gasteiger partial charge on any atom is -0.327 e. The van der Waals surface area contributed by atoms with E-state index in [-0.39, 0.29) is 16.9 Å². The van der Waals surface area contributed by atoms with E-state index < -0.39 is 47.8 Å². The molecule has 3 amide bonds. The number of nitrogens with one attached hydrogen (secondary N) is 1. The first-order valence-corrected chi connectivity index (χ1v) is 9.01. The van der Waals surface area contributed by atoms with Gasteiger partial charge < -0.3 is 15.1 Å². The van der Waals surface area contributed by atoms with Crippen molar-refractivity contribution in [2.75, 3.05) is 23.3 Å². The lowest BCUT2D eigenvalue weighted by Gasteiger charge is -2.25. The highest BCUT2D eigenvalue weighted by Crippen LogP contribution is 2.32. The molecule has 2 aliphatic rings. The lowest BCUT2D eigenvalue weighted by Crippen LogP contribution is -2.47. The Kier molecular flexibility index (Phi) is 4.73. The van der Waals surface area contributed by atoms with E-state index in [9.17, 15) is 27.6 Å². The van der Waals surface area contributed by atoms with Crippen molar-refractivity contribution in [2.24, 2.45) is 0 Å². The molecule has 0 aromatic heterocycles. The van der Waals surface area contributed by atoms with Crippen molar-refractivity contribution in [1.29, 1.82) is 0 Å². The van der Waals surface area contributed by atoms with Gasteiger partial charge in [-0.2, -0.15) is 0 Å². The SMILES string of the molecule is O=C(CN1C(=O)C2CCCN2C(=O)c2cc(F)ccc21)Nc1cc(F)cc(F)c1. The summed E-state index contributed by atoms with van der Waals surface area (Å²) in [5, 5.41) is 2.34. The number of fused-ring (bicyclic) bond motifs is 2. The van der Waals surface area contributed by atoms with Crippen LogP contribution in [0.1, 0.15) is 23.2 Å². The fraction of sp³-hybridized carbons (Fsp3) is 0.250. The lowest BCUT2D eigenvalue weighted by atomic mass is 10.1. The van der Waals surface area contributed by atoms with E-state index >= 15 is 0 Å². The van der Waals surface area contributed by atoms with E-state index in [2.05, 4.69) is 5.32 Å². The van der Waals surface area contributed by atoms with Crippen molar-refractivity contribution in [3.8, 4) is 0 Å². The maximum Gasteiger partial charge on any atom is 0.256 e. The van der Waals surface area contributed by atoms with E-state index in [1.165, 1.54) is 11.0 Å². The summed E-state index contributed by atoms with van der Waals surface area (Å²) in [4.78, 5) is 40.9. The lowest BCUT2D eigenvalue weighted by molar-refractivity contribution is -0.124. The molecule has 0 spiro atoms. The molecule has 29 heavy (non-hydrogen) atoms. The van der Waals surface area contributed by atoms with Crippen LogP contribution in [0, 0.1) is 17.5 Å². The molecule has 4 rings (SSSR count). The average molecular weight is 403 g/mol. The molecule has 2 aliphatic heterocycles. The molecule has 2 heterocycles. The van der Waals surface area contributed by atoms with Crippen LogP contribution in [-0.4, -0.2) is 41.8 Å². The molecule has 150 valence electrons. The van der Waals surface area contributed by atoms with Gasteiger partial charge in [0.1, 0.15) is 30.0 Å². The van der Waals surface area contributed by atoms with Gasteiger partial charge in [-0.3, -0.25) is 14.4 Å². The van der Waals surface area contributed by atoms with Gasteiger partial charge in [-0.25, -0.2) is 13.2 Å². The maximum atomic E-state index is 13.8. The highest BCUT2D eigenvalue weighted by molar-refractivity contribution is 6.13. The summed E-state index contributed by atoms with van der Waals surface area (Å²) in [6.45, 7) is -0.124. The molecule has 0 saturated carbocycles. The first kappa shape index (κ1) is 19.0. The molecular formula is C20H16F3N3O3. The highest BCUT2D eigenvalue weighted by Gasteiger charge is 2.42. The number of rotatable bonds is 3. The molecule has 0 aliphatic carbocycles. The Morgan fingerprint density at radius 2 is 1.76 bits per heavy atom. The van der Waals surface area contributed by atoms with E-state index in [0.29, 0.717) is 25.5 Å². The second-order valence-corrected chi connectivity index (χ2v) is 6.95. The van der Waals surface area contributed by atoms with Crippen molar-refractivity contribution in [2.45, 2.75) is 18.9 Å². The Labute approximate surface area is 163 Å². The topological polar surface area (TPSA) is 69.7 Å². The van der Waals surface area contributed by atoms with Crippen molar-refractivity contribution < 1.29 is 27.6 Å². The Balaban J connectivity index is 1.66. The van der Waals surface area contributed by atoms with Crippen LogP contribution in [0.2, 0.25) is 0 Å². The molecule has 1 unspecified atom stereocenters. The smallest absolute Gasteiger partial charge is 0.256 e. The molecule has 1 atom stereocenters. The molecule has 1 saturated heterocycles. The second kappa shape index (κ2) is 7.23. The first-order chi connectivity index (χ1) is 13.8. The van der Waals surface area contributed by atoms with Crippen LogP contribution in [0.4, 0.5) is 24.5 Å². The third-order valence-corrected chi connectivity index (χ3v) is 4.99. The van der Waals surface area contributed by atoms with Gasteiger partial charge in [0.15, 0.2) is 0 Å². The molecule has 0 radical (unpaired) electrons. The van der Waals surface area contributed by atoms with Crippen molar-refractivity contribution in [1.82, 2.24) is 4.90 Å². The molecule has 1 N–H and O–H groups in total. The summed E-state index contributed by atoms with van der Waals surface area (Å²) in [5.74, 6) is -4.00. The van der Waals surface area contributed by atoms with Gasteiger partial charge in [0.05, 0.1) is 11.3 Å². The van der Waals surface area contributed by atoms with Crippen LogP contribution in [0.3, 0.4) is 0 Å². The quantitative estimate of drug-likeness (QED) is 0.857. The number of carbonyl (C=O) groups excluding carboxylic acids is 3. The number of amides is 3. The van der Waals surface area contributed by atoms with E-state index in [1.54, 1.807) is 0 Å². The summed E-state index contributed by atoms with van der Waals surface area (Å²) in [7, 11) is 0. The van der Waals surface area contributed by atoms with Gasteiger partial charge in [0, 0.05) is 18.3 Å². The van der Waals surface area contributed by atoms with Gasteiger partial charge in [0.25, 0.3) is 5.91 Å². The molecule has 2 aromatic carbocycles. The normalized spacial score (nSPS) is 18.4. The Morgan fingerprint density at radius 3 is 2.48 bits per heavy atom. The van der Waals surface area contributed by atoms with Crippen molar-refractivity contribution in [3.63, 3.8) is 0 Å². The largest absolute Gasteiger partial charge is 0.327 e. The van der Waals surface area contributed by atoms with Gasteiger partial charge in [-0.15, -0.1) is 0 Å². The second-order valence-electron chi connectivity index (χ2n) is 6.95. The number of nitrogens with zero attached hydrogens (tertiary/aromatic N) is 2. The fourth-order valence-corrected chi connectivity index (χ4v) is 3.77. The number of hydrogen-bond donors (Lipinski definition) is 1. The van der Waals surface area contributed by atoms with Gasteiger partial charge in [0.2, 0.25) is 11.8 Å². The summed E-state index contributed by atoms with van der Waals surface area (Å²) in [5.41, 5.74) is 0.0105. The fourth-order valence-electron chi connectivity index (χ4n) is 3.77. The predicted molar refractivity (Wildman–Crippen MR) is 97.8 cm³/mol. The third-order valence-electron chi connectivity index (χ3n) is 4.99. The zero-order valence-corrected chi connectivity index (χ0v) is 15.1. The molecule has 2 aromatic rings. The zero-order chi connectivity index (χ0) is 20.7. The minimum atomic E-state index is -0.862. The first-order valence-electron chi connectivity index (χ1n) is 9.01. The van der Waals surface area contributed by atoms with Crippen LogP contribution in [0.15, 0.2) is 36.4 Å². The van der Waals surface area contributed by atoms with Crippen LogP contribution in [0.25, 0.3) is 0 Å². The number of benzene rings is 2. The zero-order valence-electron chi connectivity index (χ0n) is 15.1. The standard InChI is InChI=1S/C20H16F3N3O3/c21-11-3-4-16-15(9-11)19(28)25-5-1-2-17(25)20(29)26(16)10-18(27)24-14-7-12(22)6-13(23)8-14/h3-4,6-9,17H,1-2,5,10H2,(H,24,27). The summed E-state index contributed by atoms with van der Waals surface area (Å²) in [6.07, 6.45) is 1.06. The monoisotopic (exact) mass is 403 g/mol. The molecule has 6 nitrogen and oxygen atoms in total. The minimum absolute atomic E-state index is 0.00708. The van der Waals surface area contributed by atoms with Gasteiger partial charge >= 0.3 is 0 Å². The van der Waals surface area contributed by atoms with Crippen LogP contribution >= 0.6 is 0 Å². The number of halogens is 3. The number of carbonyl (C=O) groups is 3. The van der Waals surface area contributed by atoms with Crippen LogP contribution < -0.4 is 10.2 Å². The van der Waals surface area contributed by atoms with E-state index in [1.807, 2.05) is 0 Å². The Bertz CT molecular complexity index is 1010. The number of hydrogen-bond acceptors (Lipinski definition) is 3. The van der Waals surface area contributed by atoms with Crippen molar-refractivity contribution >= 4 is 29.1 Å². The summed E-state index contributed by atoms with van der Waals surface area (Å²) in [6, 6.07) is 5.23. The average Bonchev–Trinajstić information content (AvgIpc) is 3.11. The van der Waals surface area contributed by atoms with E-state index in [4.69, 9.17) is 0 Å². The highest BCUT2D eigenvalue weighted by atomic mass is 19.1. The molecule has 1 fully saturated rings. The van der Waals surface area contributed by atoms with Crippen LogP contribution in [-0.2, 0) is 9.59 Å². The third kappa shape index (κ3) is 3.55. The number of anilines is 2. The van der Waals surface area contributed by atoms with Gasteiger partial charge in [-0.05, 0) is 43.2 Å². The Hall–Kier alpha value is -3.36. The maximum absolute atomic E-state index is 13.8. The Morgan fingerprint density at radius 1 is 1.03 bits per heavy atom. The van der Waals surface area contributed by atoms with E-state index in [0.717, 1.165) is 29.2 Å².